The fourth-order valence-corrected chi connectivity index (χ4v) is 2.60. The molecule has 0 saturated carbocycles. The molecule has 1 atom stereocenters. The maximum Gasteiger partial charge on any atom is 0.238 e. The molecule has 1 amide bonds. The lowest BCUT2D eigenvalue weighted by Crippen LogP contribution is -2.47. The van der Waals surface area contributed by atoms with E-state index in [4.69, 9.17) is 0 Å². The predicted molar refractivity (Wildman–Crippen MR) is 78.3 cm³/mol. The van der Waals surface area contributed by atoms with Crippen molar-refractivity contribution in [2.75, 3.05) is 12.8 Å². The molecule has 0 aliphatic heterocycles. The Morgan fingerprint density at radius 1 is 1.16 bits per heavy atom. The molecule has 0 rings (SSSR count). The lowest BCUT2D eigenvalue weighted by atomic mass is 10.0. The van der Waals surface area contributed by atoms with E-state index in [0.29, 0.717) is 18.9 Å². The summed E-state index contributed by atoms with van der Waals surface area (Å²) in [5.41, 5.74) is 0. The zero-order chi connectivity index (χ0) is 15.1. The van der Waals surface area contributed by atoms with Crippen LogP contribution in [-0.2, 0) is 14.8 Å². The maximum atomic E-state index is 12.1. The van der Waals surface area contributed by atoms with Crippen LogP contribution in [0.1, 0.15) is 47.0 Å². The van der Waals surface area contributed by atoms with Crippen molar-refractivity contribution >= 4 is 15.9 Å². The molecule has 0 aromatic carbocycles. The van der Waals surface area contributed by atoms with Gasteiger partial charge in [0.15, 0.2) is 0 Å². The molecule has 0 aliphatic rings. The van der Waals surface area contributed by atoms with Crippen molar-refractivity contribution in [1.82, 2.24) is 10.0 Å². The van der Waals surface area contributed by atoms with Crippen molar-refractivity contribution in [1.29, 1.82) is 0 Å². The molecule has 19 heavy (non-hydrogen) atoms. The Kier molecular flexibility index (Phi) is 8.25. The van der Waals surface area contributed by atoms with E-state index < -0.39 is 16.1 Å². The average Bonchev–Trinajstić information content (AvgIpc) is 2.26. The van der Waals surface area contributed by atoms with Crippen LogP contribution >= 0.6 is 0 Å². The highest BCUT2D eigenvalue weighted by Gasteiger charge is 2.23. The van der Waals surface area contributed by atoms with Gasteiger partial charge in [-0.1, -0.05) is 40.5 Å². The summed E-state index contributed by atoms with van der Waals surface area (Å²) in [5.74, 6) is 0.464. The highest BCUT2D eigenvalue weighted by Crippen LogP contribution is 2.08. The predicted octanol–water partition coefficient (Wildman–Crippen LogP) is 1.50. The monoisotopic (exact) mass is 292 g/mol. The number of sulfonamides is 1. The third-order valence-corrected chi connectivity index (χ3v) is 3.81. The molecule has 0 aromatic rings. The molecule has 0 bridgehead atoms. The van der Waals surface area contributed by atoms with E-state index in [9.17, 15) is 13.2 Å². The summed E-state index contributed by atoms with van der Waals surface area (Å²) >= 11 is 0. The number of nitrogens with one attached hydrogen (secondary N) is 2. The van der Waals surface area contributed by atoms with Crippen molar-refractivity contribution in [2.24, 2.45) is 11.8 Å². The van der Waals surface area contributed by atoms with Crippen LogP contribution in [0.2, 0.25) is 0 Å². The van der Waals surface area contributed by atoms with E-state index in [0.717, 1.165) is 19.1 Å². The van der Waals surface area contributed by atoms with Gasteiger partial charge in [-0.3, -0.25) is 4.79 Å². The van der Waals surface area contributed by atoms with Gasteiger partial charge in [0.05, 0.1) is 6.26 Å². The third-order valence-electron chi connectivity index (χ3n) is 3.10. The molecule has 6 heteroatoms. The molecule has 114 valence electrons. The van der Waals surface area contributed by atoms with Gasteiger partial charge in [-0.15, -0.1) is 0 Å². The van der Waals surface area contributed by atoms with E-state index in [2.05, 4.69) is 23.9 Å². The maximum absolute atomic E-state index is 12.1. The van der Waals surface area contributed by atoms with Gasteiger partial charge in [0.25, 0.3) is 0 Å². The first-order valence-electron chi connectivity index (χ1n) is 6.94. The van der Waals surface area contributed by atoms with Crippen LogP contribution in [0.15, 0.2) is 0 Å². The van der Waals surface area contributed by atoms with Gasteiger partial charge >= 0.3 is 0 Å². The van der Waals surface area contributed by atoms with E-state index in [1.54, 1.807) is 0 Å². The van der Waals surface area contributed by atoms with E-state index in [-0.39, 0.29) is 11.8 Å². The number of rotatable bonds is 9. The van der Waals surface area contributed by atoms with Gasteiger partial charge in [-0.2, -0.15) is 0 Å². The SMILES string of the molecule is CCC(CC)CNC(=O)C(CC(C)C)NS(C)(=O)=O. The minimum absolute atomic E-state index is 0.231. The molecular formula is C13H28N2O3S. The van der Waals surface area contributed by atoms with Crippen LogP contribution < -0.4 is 10.0 Å². The van der Waals surface area contributed by atoms with Crippen molar-refractivity contribution in [3.05, 3.63) is 0 Å². The van der Waals surface area contributed by atoms with E-state index >= 15 is 0 Å². The lowest BCUT2D eigenvalue weighted by Gasteiger charge is -2.21. The molecule has 0 spiro atoms. The Hall–Kier alpha value is -0.620. The third kappa shape index (κ3) is 8.99. The molecule has 0 heterocycles. The second kappa shape index (κ2) is 8.53. The first-order valence-corrected chi connectivity index (χ1v) is 8.83. The normalized spacial score (nSPS) is 13.8. The van der Waals surface area contributed by atoms with Crippen molar-refractivity contribution in [3.63, 3.8) is 0 Å². The summed E-state index contributed by atoms with van der Waals surface area (Å²) in [7, 11) is -3.37. The number of amides is 1. The van der Waals surface area contributed by atoms with Gasteiger partial charge in [-0.25, -0.2) is 13.1 Å². The van der Waals surface area contributed by atoms with Gasteiger partial charge < -0.3 is 5.32 Å². The summed E-state index contributed by atoms with van der Waals surface area (Å²) < 4.78 is 25.0. The zero-order valence-electron chi connectivity index (χ0n) is 12.7. The van der Waals surface area contributed by atoms with Gasteiger partial charge in [0.1, 0.15) is 6.04 Å². The van der Waals surface area contributed by atoms with E-state index in [1.165, 1.54) is 0 Å². The Labute approximate surface area is 117 Å². The van der Waals surface area contributed by atoms with Gasteiger partial charge in [0, 0.05) is 6.54 Å². The Balaban J connectivity index is 4.54. The highest BCUT2D eigenvalue weighted by atomic mass is 32.2. The zero-order valence-corrected chi connectivity index (χ0v) is 13.5. The highest BCUT2D eigenvalue weighted by molar-refractivity contribution is 7.88. The van der Waals surface area contributed by atoms with Crippen LogP contribution in [0, 0.1) is 11.8 Å². The molecule has 0 aliphatic carbocycles. The molecule has 0 fully saturated rings. The first kappa shape index (κ1) is 18.4. The van der Waals surface area contributed by atoms with Crippen molar-refractivity contribution < 1.29 is 13.2 Å². The van der Waals surface area contributed by atoms with Crippen LogP contribution in [0.5, 0.6) is 0 Å². The number of hydrogen-bond acceptors (Lipinski definition) is 3. The number of carbonyl (C=O) groups is 1. The van der Waals surface area contributed by atoms with Crippen molar-refractivity contribution in [3.8, 4) is 0 Å². The van der Waals surface area contributed by atoms with Gasteiger partial charge in [-0.05, 0) is 18.3 Å². The summed E-state index contributed by atoms with van der Waals surface area (Å²) in [4.78, 5) is 12.1. The minimum Gasteiger partial charge on any atom is -0.354 e. The minimum atomic E-state index is -3.37. The van der Waals surface area contributed by atoms with Crippen LogP contribution in [0.4, 0.5) is 0 Å². The lowest BCUT2D eigenvalue weighted by molar-refractivity contribution is -0.123. The van der Waals surface area contributed by atoms with Crippen LogP contribution in [0.3, 0.4) is 0 Å². The topological polar surface area (TPSA) is 75.3 Å². The molecular weight excluding hydrogens is 264 g/mol. The van der Waals surface area contributed by atoms with Crippen molar-refractivity contribution in [2.45, 2.75) is 53.0 Å². The number of carbonyl (C=O) groups excluding carboxylic acids is 1. The standard InChI is InChI=1S/C13H28N2O3S/c1-6-11(7-2)9-14-13(16)12(8-10(3)4)15-19(5,17)18/h10-12,15H,6-9H2,1-5H3,(H,14,16). The fraction of sp³-hybridized carbons (Fsp3) is 0.923. The molecule has 0 radical (unpaired) electrons. The van der Waals surface area contributed by atoms with Crippen LogP contribution in [-0.4, -0.2) is 33.2 Å². The summed E-state index contributed by atoms with van der Waals surface area (Å²) in [6, 6.07) is -0.677. The second-order valence-corrected chi connectivity index (χ2v) is 7.28. The molecule has 1 unspecified atom stereocenters. The van der Waals surface area contributed by atoms with Gasteiger partial charge in [0.2, 0.25) is 15.9 Å². The Bertz CT molecular complexity index is 362. The first-order chi connectivity index (χ1) is 8.69. The largest absolute Gasteiger partial charge is 0.354 e. The molecule has 5 nitrogen and oxygen atoms in total. The smallest absolute Gasteiger partial charge is 0.238 e. The molecule has 0 saturated heterocycles. The fourth-order valence-electron chi connectivity index (χ4n) is 1.88. The number of hydrogen-bond donors (Lipinski definition) is 2. The Morgan fingerprint density at radius 2 is 1.68 bits per heavy atom. The van der Waals surface area contributed by atoms with Crippen LogP contribution in [0.25, 0.3) is 0 Å². The summed E-state index contributed by atoms with van der Waals surface area (Å²) in [6.45, 7) is 8.70. The quantitative estimate of drug-likeness (QED) is 0.676. The summed E-state index contributed by atoms with van der Waals surface area (Å²) in [6.07, 6.45) is 3.59. The Morgan fingerprint density at radius 3 is 2.05 bits per heavy atom. The van der Waals surface area contributed by atoms with E-state index in [1.807, 2.05) is 13.8 Å². The molecule has 0 aromatic heterocycles. The second-order valence-electron chi connectivity index (χ2n) is 5.50. The average molecular weight is 292 g/mol. The molecule has 2 N–H and O–H groups in total. The summed E-state index contributed by atoms with van der Waals surface area (Å²) in [5, 5.41) is 2.85.